The number of nitrogens with one attached hydrogen (secondary N) is 3. The van der Waals surface area contributed by atoms with E-state index in [4.69, 9.17) is 4.74 Å². The number of halogens is 1. The number of carbonyl (C=O) groups is 1. The summed E-state index contributed by atoms with van der Waals surface area (Å²) in [6, 6.07) is 0. The van der Waals surface area contributed by atoms with Crippen LogP contribution in [0, 0.1) is 5.92 Å². The van der Waals surface area contributed by atoms with Crippen LogP contribution in [0.1, 0.15) is 52.9 Å². The van der Waals surface area contributed by atoms with Crippen molar-refractivity contribution < 1.29 is 9.53 Å². The number of carbonyl (C=O) groups excluding carboxylic acids is 1. The molecule has 1 atom stereocenters. The zero-order valence-corrected chi connectivity index (χ0v) is 18.2. The van der Waals surface area contributed by atoms with Gasteiger partial charge in [0.1, 0.15) is 6.54 Å². The van der Waals surface area contributed by atoms with Crippen LogP contribution >= 0.6 is 24.0 Å². The number of guanidine groups is 1. The molecule has 0 aliphatic heterocycles. The number of hydrogen-bond donors (Lipinski definition) is 3. The highest BCUT2D eigenvalue weighted by Crippen LogP contribution is 2.13. The Hall–Kier alpha value is -0.570. The molecule has 0 spiro atoms. The van der Waals surface area contributed by atoms with Crippen molar-refractivity contribution in [1.82, 2.24) is 16.0 Å². The molecule has 1 unspecified atom stereocenters. The number of hydrogen-bond acceptors (Lipinski definition) is 3. The van der Waals surface area contributed by atoms with Gasteiger partial charge in [0.2, 0.25) is 5.91 Å². The van der Waals surface area contributed by atoms with Crippen molar-refractivity contribution in [2.24, 2.45) is 10.9 Å². The summed E-state index contributed by atoms with van der Waals surface area (Å²) in [6.45, 7) is 9.33. The molecule has 0 fully saturated rings. The Labute approximate surface area is 165 Å². The Bertz CT molecular complexity index is 328. The fraction of sp³-hybridized carbons (Fsp3) is 0.882. The maximum absolute atomic E-state index is 11.7. The first-order valence-electron chi connectivity index (χ1n) is 8.95. The van der Waals surface area contributed by atoms with Gasteiger partial charge in [-0.25, -0.2) is 4.99 Å². The predicted octanol–water partition coefficient (Wildman–Crippen LogP) is 2.53. The van der Waals surface area contributed by atoms with E-state index in [0.29, 0.717) is 25.0 Å². The van der Waals surface area contributed by atoms with Gasteiger partial charge in [0.25, 0.3) is 0 Å². The number of unbranched alkanes of at least 4 members (excludes halogenated alkanes) is 1. The van der Waals surface area contributed by atoms with Crippen LogP contribution in [-0.4, -0.2) is 51.8 Å². The molecule has 0 aliphatic rings. The minimum absolute atomic E-state index is 0. The minimum Gasteiger partial charge on any atom is -0.383 e. The molecule has 0 aromatic heterocycles. The molecule has 0 aromatic rings. The first-order chi connectivity index (χ1) is 11.2. The average molecular weight is 456 g/mol. The number of amides is 1. The van der Waals surface area contributed by atoms with E-state index in [1.54, 1.807) is 7.11 Å². The Kier molecular flexibility index (Phi) is 20.1. The van der Waals surface area contributed by atoms with E-state index in [9.17, 15) is 4.79 Å². The lowest BCUT2D eigenvalue weighted by Gasteiger charge is -2.18. The topological polar surface area (TPSA) is 74.8 Å². The first kappa shape index (κ1) is 25.7. The smallest absolute Gasteiger partial charge is 0.241 e. The second-order valence-electron chi connectivity index (χ2n) is 5.72. The summed E-state index contributed by atoms with van der Waals surface area (Å²) in [5.41, 5.74) is 0. The molecule has 0 saturated heterocycles. The van der Waals surface area contributed by atoms with Gasteiger partial charge < -0.3 is 20.7 Å². The molecule has 0 heterocycles. The summed E-state index contributed by atoms with van der Waals surface area (Å²) >= 11 is 0. The summed E-state index contributed by atoms with van der Waals surface area (Å²) in [7, 11) is 1.61. The van der Waals surface area contributed by atoms with Gasteiger partial charge in [-0.05, 0) is 25.7 Å². The largest absolute Gasteiger partial charge is 0.383 e. The summed E-state index contributed by atoms with van der Waals surface area (Å²) < 4.78 is 4.90. The summed E-state index contributed by atoms with van der Waals surface area (Å²) in [4.78, 5) is 16.0. The van der Waals surface area contributed by atoms with E-state index >= 15 is 0 Å². The van der Waals surface area contributed by atoms with Crippen LogP contribution in [0.25, 0.3) is 0 Å². The monoisotopic (exact) mass is 456 g/mol. The molecule has 7 heteroatoms. The van der Waals surface area contributed by atoms with E-state index < -0.39 is 0 Å². The lowest BCUT2D eigenvalue weighted by Crippen LogP contribution is -2.41. The highest BCUT2D eigenvalue weighted by molar-refractivity contribution is 14.0. The van der Waals surface area contributed by atoms with Gasteiger partial charge in [0.15, 0.2) is 5.96 Å². The van der Waals surface area contributed by atoms with E-state index in [1.165, 1.54) is 32.1 Å². The Morgan fingerprint density at radius 2 is 1.83 bits per heavy atom. The molecule has 0 bridgehead atoms. The normalized spacial score (nSPS) is 12.2. The van der Waals surface area contributed by atoms with Crippen molar-refractivity contribution in [2.75, 3.05) is 39.9 Å². The van der Waals surface area contributed by atoms with Crippen molar-refractivity contribution >= 4 is 35.8 Å². The number of nitrogens with zero attached hydrogens (tertiary/aromatic N) is 1. The molecular formula is C17H37IN4O2. The van der Waals surface area contributed by atoms with E-state index in [1.807, 2.05) is 6.92 Å². The van der Waals surface area contributed by atoms with Crippen molar-refractivity contribution in [3.8, 4) is 0 Å². The minimum atomic E-state index is -0.0876. The number of aliphatic imine (C=N–C) groups is 1. The van der Waals surface area contributed by atoms with Crippen LogP contribution in [0.15, 0.2) is 4.99 Å². The number of methoxy groups -OCH3 is 1. The Balaban J connectivity index is 0. The van der Waals surface area contributed by atoms with Crippen molar-refractivity contribution in [3.05, 3.63) is 0 Å². The van der Waals surface area contributed by atoms with Crippen LogP contribution < -0.4 is 16.0 Å². The van der Waals surface area contributed by atoms with Gasteiger partial charge in [-0.1, -0.05) is 33.1 Å². The number of ether oxygens (including phenoxy) is 1. The molecular weight excluding hydrogens is 419 g/mol. The fourth-order valence-corrected chi connectivity index (χ4v) is 2.33. The van der Waals surface area contributed by atoms with Gasteiger partial charge in [-0.3, -0.25) is 4.79 Å². The quantitative estimate of drug-likeness (QED) is 0.172. The summed E-state index contributed by atoms with van der Waals surface area (Å²) in [5.74, 6) is 1.29. The third kappa shape index (κ3) is 15.0. The zero-order valence-electron chi connectivity index (χ0n) is 15.8. The molecule has 0 radical (unpaired) electrons. The summed E-state index contributed by atoms with van der Waals surface area (Å²) in [6.07, 6.45) is 6.17. The lowest BCUT2D eigenvalue weighted by molar-refractivity contribution is -0.119. The van der Waals surface area contributed by atoms with Crippen LogP contribution in [-0.2, 0) is 9.53 Å². The third-order valence-electron chi connectivity index (χ3n) is 3.57. The molecule has 0 saturated carbocycles. The first-order valence-corrected chi connectivity index (χ1v) is 8.95. The van der Waals surface area contributed by atoms with Crippen molar-refractivity contribution in [3.63, 3.8) is 0 Å². The maximum Gasteiger partial charge on any atom is 0.241 e. The fourth-order valence-electron chi connectivity index (χ4n) is 2.33. The van der Waals surface area contributed by atoms with Crippen LogP contribution in [0.5, 0.6) is 0 Å². The van der Waals surface area contributed by atoms with Crippen molar-refractivity contribution in [1.29, 1.82) is 0 Å². The van der Waals surface area contributed by atoms with E-state index in [0.717, 1.165) is 13.1 Å². The zero-order chi connectivity index (χ0) is 17.3. The van der Waals surface area contributed by atoms with Crippen LogP contribution in [0.2, 0.25) is 0 Å². The average Bonchev–Trinajstić information content (AvgIpc) is 2.55. The molecule has 0 rings (SSSR count). The standard InChI is InChI=1S/C17H36N4O2.HI/c1-5-8-10-15(9-6-2)13-20-17(18-7-3)21-14-16(22)19-11-12-23-4;/h15H,5-14H2,1-4H3,(H,19,22)(H2,18,20,21);1H. The maximum atomic E-state index is 11.7. The molecule has 0 aromatic carbocycles. The molecule has 24 heavy (non-hydrogen) atoms. The second kappa shape index (κ2) is 18.8. The molecule has 6 nitrogen and oxygen atoms in total. The van der Waals surface area contributed by atoms with E-state index in [-0.39, 0.29) is 36.4 Å². The molecule has 144 valence electrons. The molecule has 3 N–H and O–H groups in total. The highest BCUT2D eigenvalue weighted by atomic mass is 127. The SMILES string of the molecule is CCCCC(CCC)CNC(=NCC(=O)NCCOC)NCC.I. The Morgan fingerprint density at radius 3 is 2.42 bits per heavy atom. The van der Waals surface area contributed by atoms with Gasteiger partial charge in [0.05, 0.1) is 6.61 Å². The van der Waals surface area contributed by atoms with Crippen LogP contribution in [0.4, 0.5) is 0 Å². The van der Waals surface area contributed by atoms with Gasteiger partial charge in [-0.2, -0.15) is 0 Å². The second-order valence-corrected chi connectivity index (χ2v) is 5.72. The van der Waals surface area contributed by atoms with Gasteiger partial charge >= 0.3 is 0 Å². The van der Waals surface area contributed by atoms with Gasteiger partial charge in [-0.15, -0.1) is 24.0 Å². The predicted molar refractivity (Wildman–Crippen MR) is 112 cm³/mol. The lowest BCUT2D eigenvalue weighted by atomic mass is 9.97. The van der Waals surface area contributed by atoms with Crippen molar-refractivity contribution in [2.45, 2.75) is 52.9 Å². The molecule has 0 aliphatic carbocycles. The van der Waals surface area contributed by atoms with Crippen LogP contribution in [0.3, 0.4) is 0 Å². The Morgan fingerprint density at radius 1 is 1.08 bits per heavy atom. The summed E-state index contributed by atoms with van der Waals surface area (Å²) in [5, 5.41) is 9.33. The van der Waals surface area contributed by atoms with Gasteiger partial charge in [0, 0.05) is 26.7 Å². The number of rotatable bonds is 13. The highest BCUT2D eigenvalue weighted by Gasteiger charge is 2.09. The third-order valence-corrected chi connectivity index (χ3v) is 3.57. The van der Waals surface area contributed by atoms with E-state index in [2.05, 4.69) is 34.8 Å². The molecule has 1 amide bonds.